The van der Waals surface area contributed by atoms with E-state index in [0.717, 1.165) is 0 Å². The van der Waals surface area contributed by atoms with Gasteiger partial charge in [-0.05, 0) is 137 Å². The van der Waals surface area contributed by atoms with E-state index in [4.69, 9.17) is 5.32 Å². The number of hydrogen-bond donors (Lipinski definition) is 8. The molecule has 5 aliphatic heterocycles. The Labute approximate surface area is 468 Å². The van der Waals surface area contributed by atoms with Crippen LogP contribution in [0.4, 0.5) is 0 Å². The summed E-state index contributed by atoms with van der Waals surface area (Å²) in [6, 6.07) is 70.3. The third-order valence-electron chi connectivity index (χ3n) is 21.7. The van der Waals surface area contributed by atoms with Gasteiger partial charge in [-0.25, -0.2) is 0 Å². The molecule has 8 N–H and O–H groups in total. The second-order valence-electron chi connectivity index (χ2n) is 25.1. The molecule has 9 aliphatic rings. The minimum atomic E-state index is -0.00521. The van der Waals surface area contributed by atoms with Crippen LogP contribution in [0.2, 0.25) is 0 Å². The van der Waals surface area contributed by atoms with Gasteiger partial charge in [-0.1, -0.05) is 208 Å². The van der Waals surface area contributed by atoms with Crippen molar-refractivity contribution in [1.29, 1.82) is 0 Å². The monoisotopic (exact) mass is 1070 g/mol. The van der Waals surface area contributed by atoms with Crippen LogP contribution in [0.5, 0.6) is 0 Å². The fourth-order valence-corrected chi connectivity index (χ4v) is 18.8. The number of nitrogens with one attached hydrogen (secondary N) is 8. The van der Waals surface area contributed by atoms with Gasteiger partial charge in [0.25, 0.3) is 0 Å². The van der Waals surface area contributed by atoms with Gasteiger partial charge in [0.1, 0.15) is 0 Å². The molecule has 1 radical (unpaired) electrons. The number of rotatable bonds is 6. The molecule has 0 amide bonds. The van der Waals surface area contributed by atoms with E-state index in [1.54, 1.807) is 0 Å². The summed E-state index contributed by atoms with van der Waals surface area (Å²) in [7, 11) is 0. The molecule has 15 rings (SSSR count). The van der Waals surface area contributed by atoms with E-state index in [-0.39, 0.29) is 102 Å². The van der Waals surface area contributed by atoms with Crippen molar-refractivity contribution in [3.63, 3.8) is 0 Å². The molecule has 6 aromatic rings. The molecule has 22 unspecified atom stereocenters. The Kier molecular flexibility index (Phi) is 14.4. The van der Waals surface area contributed by atoms with Crippen LogP contribution in [-0.4, -0.2) is 49.3 Å². The summed E-state index contributed by atoms with van der Waals surface area (Å²) in [6.45, 7) is 0. The molecule has 9 heteroatoms. The molecule has 6 aromatic carbocycles. The van der Waals surface area contributed by atoms with Crippen molar-refractivity contribution in [2.45, 2.75) is 149 Å². The van der Waals surface area contributed by atoms with Gasteiger partial charge in [0.05, 0.1) is 49.3 Å². The van der Waals surface area contributed by atoms with Crippen LogP contribution < -0.4 is 42.5 Å². The minimum absolute atomic E-state index is 0. The zero-order valence-electron chi connectivity index (χ0n) is 44.4. The number of fused-ring (bicyclic) bond motifs is 20. The maximum Gasteiger partial charge on any atom is 0.0634 e. The van der Waals surface area contributed by atoms with Crippen LogP contribution in [0.3, 0.4) is 0 Å². The second-order valence-corrected chi connectivity index (χ2v) is 25.1. The van der Waals surface area contributed by atoms with E-state index in [2.05, 4.69) is 219 Å². The van der Waals surface area contributed by atoms with Crippen molar-refractivity contribution in [2.75, 3.05) is 0 Å². The Bertz CT molecular complexity index is 2870. The Hall–Kier alpha value is -4.49. The second kappa shape index (κ2) is 21.9. The maximum atomic E-state index is 4.73. The van der Waals surface area contributed by atoms with Crippen LogP contribution in [-0.2, 0) is 16.8 Å². The zero-order chi connectivity index (χ0) is 50.1. The van der Waals surface area contributed by atoms with E-state index in [9.17, 15) is 0 Å². The van der Waals surface area contributed by atoms with Crippen LogP contribution in [0.25, 0.3) is 0 Å². The van der Waals surface area contributed by atoms with Gasteiger partial charge < -0.3 is 0 Å². The van der Waals surface area contributed by atoms with Crippen molar-refractivity contribution < 1.29 is 16.8 Å². The summed E-state index contributed by atoms with van der Waals surface area (Å²) in [5.74, 6) is 5.18. The van der Waals surface area contributed by atoms with Crippen LogP contribution in [0.1, 0.15) is 133 Å². The van der Waals surface area contributed by atoms with E-state index < -0.39 is 0 Å². The van der Waals surface area contributed by atoms with Gasteiger partial charge in [0, 0.05) is 34.5 Å². The van der Waals surface area contributed by atoms with Gasteiger partial charge in [-0.3, -0.25) is 42.5 Å². The molecule has 401 valence electrons. The summed E-state index contributed by atoms with van der Waals surface area (Å²) < 4.78 is 0. The number of hydrogen-bond acceptors (Lipinski definition) is 8. The average Bonchev–Trinajstić information content (AvgIpc) is 4.28. The smallest absolute Gasteiger partial charge is 0.0634 e. The van der Waals surface area contributed by atoms with Crippen molar-refractivity contribution >= 4 is 0 Å². The fraction of sp³-hybridized carbons (Fsp3) is 0.471. The predicted octanol–water partition coefficient (Wildman–Crippen LogP) is 11.0. The van der Waals surface area contributed by atoms with E-state index in [1.165, 1.54) is 97.6 Å². The van der Waals surface area contributed by atoms with Gasteiger partial charge in [0.15, 0.2) is 0 Å². The van der Waals surface area contributed by atoms with Gasteiger partial charge in [-0.15, -0.1) is 0 Å². The Morgan fingerprint density at radius 3 is 0.831 bits per heavy atom. The summed E-state index contributed by atoms with van der Waals surface area (Å²) in [5.41, 5.74) is 8.71. The summed E-state index contributed by atoms with van der Waals surface area (Å²) in [6.07, 6.45) is 14.0. The molecule has 8 nitrogen and oxygen atoms in total. The van der Waals surface area contributed by atoms with Crippen LogP contribution >= 0.6 is 0 Å². The Morgan fingerprint density at radius 2 is 0.481 bits per heavy atom. The van der Waals surface area contributed by atoms with Crippen molar-refractivity contribution in [1.82, 2.24) is 42.5 Å². The average molecular weight is 1070 g/mol. The Morgan fingerprint density at radius 1 is 0.221 bits per heavy atom. The third kappa shape index (κ3) is 9.13. The molecule has 4 aliphatic carbocycles. The molecule has 5 heterocycles. The first kappa shape index (κ1) is 50.7. The first-order chi connectivity index (χ1) is 37.7. The van der Waals surface area contributed by atoms with Crippen LogP contribution in [0.15, 0.2) is 182 Å². The molecular weight excluding hydrogens is 988 g/mol. The first-order valence-corrected chi connectivity index (χ1v) is 30.1. The van der Waals surface area contributed by atoms with Gasteiger partial charge >= 0.3 is 0 Å². The Balaban J connectivity index is 0.00000540. The standard InChI is InChI=1S/C68H80N8.Co/c1-7-23-41(24-8-1)47-39-40-52-58(53(47)42-25-9-2-10-26-42)66-74-65(52)72-63-49-36-20-19-35-48(49)61(70-63)69-62-50-37-21-22-38-51(50)64(71-62)73-67-59-56(45-31-15-5-16-32-45)54(43-27-11-3-12-28-43)55(44-29-13-4-14-30-44)57(46-33-17-6-18-34-46)60(59)68(75-66)76-67;/h1-18,23-34,47-76H,19-22,35-40H2;. The summed E-state index contributed by atoms with van der Waals surface area (Å²) in [4.78, 5) is 0. The molecule has 9 fully saturated rings. The first-order valence-electron chi connectivity index (χ1n) is 30.1. The minimum Gasteiger partial charge on any atom is -0.286 e. The van der Waals surface area contributed by atoms with E-state index in [1.807, 2.05) is 0 Å². The summed E-state index contributed by atoms with van der Waals surface area (Å²) in [5, 5.41) is 36.2. The van der Waals surface area contributed by atoms with Crippen molar-refractivity contribution in [3.05, 3.63) is 215 Å². The van der Waals surface area contributed by atoms with Crippen molar-refractivity contribution in [2.24, 2.45) is 47.3 Å². The van der Waals surface area contributed by atoms with Crippen molar-refractivity contribution in [3.8, 4) is 0 Å². The van der Waals surface area contributed by atoms with Crippen LogP contribution in [0, 0.1) is 47.3 Å². The fourth-order valence-electron chi connectivity index (χ4n) is 18.8. The topological polar surface area (TPSA) is 96.2 Å². The SMILES string of the molecule is [Co].c1ccc(C2CCC3C4NC5NC(NC6NC(NC7NC(NC(N4)C3C2c2ccccc2)C2C(c3ccccc3)C(c3ccccc3)C(c3ccccc3)C(c3ccccc3)C72)C2CCCCC62)C2CCCCC52)cc1. The van der Waals surface area contributed by atoms with Gasteiger partial charge in [-0.2, -0.15) is 0 Å². The molecular formula is C68H80CoN8. The predicted molar refractivity (Wildman–Crippen MR) is 305 cm³/mol. The maximum absolute atomic E-state index is 4.73. The third-order valence-corrected chi connectivity index (χ3v) is 21.7. The molecule has 8 bridgehead atoms. The largest absolute Gasteiger partial charge is 0.286 e. The quantitative estimate of drug-likeness (QED) is 0.0836. The molecule has 22 atom stereocenters. The molecule has 0 aromatic heterocycles. The number of benzene rings is 6. The molecule has 77 heavy (non-hydrogen) atoms. The van der Waals surface area contributed by atoms with E-state index >= 15 is 0 Å². The summed E-state index contributed by atoms with van der Waals surface area (Å²) >= 11 is 0. The molecule has 4 saturated carbocycles. The molecule has 5 saturated heterocycles. The van der Waals surface area contributed by atoms with E-state index in [0.29, 0.717) is 47.3 Å². The molecule has 0 spiro atoms. The zero-order valence-corrected chi connectivity index (χ0v) is 45.5. The normalized spacial score (nSPS) is 41.0. The van der Waals surface area contributed by atoms with Gasteiger partial charge in [0.2, 0.25) is 0 Å².